The lowest BCUT2D eigenvalue weighted by Crippen LogP contribution is -2.48. The Kier molecular flexibility index (Phi) is 4.73. The molecule has 2 aromatic rings. The van der Waals surface area contributed by atoms with Gasteiger partial charge in [0.15, 0.2) is 5.76 Å². The number of rotatable bonds is 4. The molecule has 1 aliphatic heterocycles. The van der Waals surface area contributed by atoms with Crippen LogP contribution in [-0.4, -0.2) is 47.0 Å². The molecule has 0 saturated carbocycles. The summed E-state index contributed by atoms with van der Waals surface area (Å²) in [5, 5.41) is 3.90. The van der Waals surface area contributed by atoms with Gasteiger partial charge < -0.3 is 15.2 Å². The second kappa shape index (κ2) is 6.93. The Labute approximate surface area is 135 Å². The average molecular weight is 314 g/mol. The molecule has 2 heterocycles. The summed E-state index contributed by atoms with van der Waals surface area (Å²) in [6, 6.07) is 9.49. The summed E-state index contributed by atoms with van der Waals surface area (Å²) in [5.41, 5.74) is 8.24. The number of nitrogens with zero attached hydrogens (tertiary/aromatic N) is 3. The first-order valence-electron chi connectivity index (χ1n) is 7.88. The lowest BCUT2D eigenvalue weighted by molar-refractivity contribution is 0.0617. The summed E-state index contributed by atoms with van der Waals surface area (Å²) >= 11 is 0. The number of aryl methyl sites for hydroxylation is 1. The van der Waals surface area contributed by atoms with Gasteiger partial charge in [-0.25, -0.2) is 0 Å². The van der Waals surface area contributed by atoms with Gasteiger partial charge >= 0.3 is 0 Å². The molecule has 0 radical (unpaired) electrons. The highest BCUT2D eigenvalue weighted by Crippen LogP contribution is 2.13. The van der Waals surface area contributed by atoms with E-state index >= 15 is 0 Å². The Morgan fingerprint density at radius 2 is 1.91 bits per heavy atom. The molecule has 1 fully saturated rings. The Balaban J connectivity index is 1.54. The van der Waals surface area contributed by atoms with Gasteiger partial charge in [-0.3, -0.25) is 9.69 Å². The molecule has 0 bridgehead atoms. The molecule has 1 amide bonds. The first-order chi connectivity index (χ1) is 11.2. The largest absolute Gasteiger partial charge is 0.360 e. The van der Waals surface area contributed by atoms with Crippen molar-refractivity contribution in [2.45, 2.75) is 20.0 Å². The highest BCUT2D eigenvalue weighted by Gasteiger charge is 2.22. The van der Waals surface area contributed by atoms with Crippen LogP contribution in [0.25, 0.3) is 0 Å². The molecule has 0 unspecified atom stereocenters. The summed E-state index contributed by atoms with van der Waals surface area (Å²) < 4.78 is 5.25. The maximum absolute atomic E-state index is 12.5. The van der Waals surface area contributed by atoms with Crippen molar-refractivity contribution in [2.24, 2.45) is 5.73 Å². The fourth-order valence-electron chi connectivity index (χ4n) is 2.79. The molecule has 3 rings (SSSR count). The van der Waals surface area contributed by atoms with Gasteiger partial charge in [0.1, 0.15) is 0 Å². The van der Waals surface area contributed by atoms with Crippen LogP contribution in [0.4, 0.5) is 0 Å². The molecular formula is C17H22N4O2. The zero-order valence-electron chi connectivity index (χ0n) is 13.4. The van der Waals surface area contributed by atoms with E-state index in [2.05, 4.69) is 10.1 Å². The van der Waals surface area contributed by atoms with Gasteiger partial charge in [-0.15, -0.1) is 0 Å². The van der Waals surface area contributed by atoms with Crippen LogP contribution in [0.15, 0.2) is 34.9 Å². The van der Waals surface area contributed by atoms with Crippen LogP contribution in [0.2, 0.25) is 0 Å². The highest BCUT2D eigenvalue weighted by molar-refractivity contribution is 5.94. The molecule has 1 aliphatic rings. The first-order valence-corrected chi connectivity index (χ1v) is 7.88. The number of hydrogen-bond acceptors (Lipinski definition) is 5. The fourth-order valence-corrected chi connectivity index (χ4v) is 2.79. The number of amides is 1. The molecule has 0 spiro atoms. The van der Waals surface area contributed by atoms with E-state index in [1.54, 1.807) is 0 Å². The van der Waals surface area contributed by atoms with Crippen LogP contribution in [0, 0.1) is 6.92 Å². The number of hydrogen-bond donors (Lipinski definition) is 1. The minimum absolute atomic E-state index is 0.0868. The molecule has 1 aromatic heterocycles. The maximum atomic E-state index is 12.5. The quantitative estimate of drug-likeness (QED) is 0.923. The van der Waals surface area contributed by atoms with Crippen LogP contribution in [-0.2, 0) is 13.1 Å². The van der Waals surface area contributed by atoms with Crippen LogP contribution in [0.1, 0.15) is 27.4 Å². The van der Waals surface area contributed by atoms with Crippen LogP contribution in [0.5, 0.6) is 0 Å². The van der Waals surface area contributed by atoms with E-state index in [1.807, 2.05) is 42.2 Å². The van der Waals surface area contributed by atoms with Crippen molar-refractivity contribution in [3.8, 4) is 0 Å². The van der Waals surface area contributed by atoms with Gasteiger partial charge in [-0.05, 0) is 24.6 Å². The number of piperazine rings is 1. The number of benzene rings is 1. The third-order valence-corrected chi connectivity index (χ3v) is 4.15. The molecule has 0 aliphatic carbocycles. The molecule has 6 heteroatoms. The van der Waals surface area contributed by atoms with Crippen LogP contribution < -0.4 is 5.73 Å². The van der Waals surface area contributed by atoms with E-state index in [9.17, 15) is 4.79 Å². The Morgan fingerprint density at radius 1 is 1.22 bits per heavy atom. The molecular weight excluding hydrogens is 292 g/mol. The van der Waals surface area contributed by atoms with Crippen molar-refractivity contribution in [1.82, 2.24) is 15.0 Å². The fraction of sp³-hybridized carbons (Fsp3) is 0.412. The molecule has 2 N–H and O–H groups in total. The Hall–Kier alpha value is -2.18. The molecule has 1 saturated heterocycles. The second-order valence-corrected chi connectivity index (χ2v) is 5.90. The zero-order valence-corrected chi connectivity index (χ0v) is 13.4. The third kappa shape index (κ3) is 3.78. The van der Waals surface area contributed by atoms with E-state index < -0.39 is 0 Å². The van der Waals surface area contributed by atoms with Gasteiger partial charge in [0, 0.05) is 44.4 Å². The monoisotopic (exact) mass is 314 g/mol. The standard InChI is InChI=1S/C17H22N4O2/c1-13-10-16(23-19-13)12-20-6-8-21(9-7-20)17(22)15-4-2-14(11-18)3-5-15/h2-5,10H,6-9,11-12,18H2,1H3. The summed E-state index contributed by atoms with van der Waals surface area (Å²) in [5.74, 6) is 0.961. The second-order valence-electron chi connectivity index (χ2n) is 5.90. The minimum atomic E-state index is 0.0868. The molecule has 122 valence electrons. The van der Waals surface area contributed by atoms with E-state index in [0.29, 0.717) is 6.54 Å². The smallest absolute Gasteiger partial charge is 0.253 e. The van der Waals surface area contributed by atoms with E-state index in [4.69, 9.17) is 10.3 Å². The number of carbonyl (C=O) groups excluding carboxylic acids is 1. The van der Waals surface area contributed by atoms with Gasteiger partial charge in [-0.1, -0.05) is 17.3 Å². The topological polar surface area (TPSA) is 75.6 Å². The average Bonchev–Trinajstić information content (AvgIpc) is 3.00. The zero-order chi connectivity index (χ0) is 16.2. The SMILES string of the molecule is Cc1cc(CN2CCN(C(=O)c3ccc(CN)cc3)CC2)on1. The molecule has 23 heavy (non-hydrogen) atoms. The van der Waals surface area contributed by atoms with Gasteiger partial charge in [0.25, 0.3) is 5.91 Å². The summed E-state index contributed by atoms with van der Waals surface area (Å²) in [4.78, 5) is 16.7. The number of carbonyl (C=O) groups is 1. The minimum Gasteiger partial charge on any atom is -0.360 e. The van der Waals surface area contributed by atoms with Crippen molar-refractivity contribution in [3.63, 3.8) is 0 Å². The first kappa shape index (κ1) is 15.7. The van der Waals surface area contributed by atoms with Gasteiger partial charge in [0.05, 0.1) is 12.2 Å². The Bertz CT molecular complexity index is 657. The van der Waals surface area contributed by atoms with Crippen LogP contribution in [0.3, 0.4) is 0 Å². The predicted molar refractivity (Wildman–Crippen MR) is 86.8 cm³/mol. The lowest BCUT2D eigenvalue weighted by Gasteiger charge is -2.34. The van der Waals surface area contributed by atoms with E-state index in [1.165, 1.54) is 0 Å². The third-order valence-electron chi connectivity index (χ3n) is 4.15. The number of nitrogens with two attached hydrogens (primary N) is 1. The van der Waals surface area contributed by atoms with Crippen molar-refractivity contribution >= 4 is 5.91 Å². The van der Waals surface area contributed by atoms with Crippen molar-refractivity contribution < 1.29 is 9.32 Å². The van der Waals surface area contributed by atoms with E-state index in [0.717, 1.165) is 55.3 Å². The van der Waals surface area contributed by atoms with E-state index in [-0.39, 0.29) is 5.91 Å². The van der Waals surface area contributed by atoms with Crippen molar-refractivity contribution in [2.75, 3.05) is 26.2 Å². The predicted octanol–water partition coefficient (Wildman–Crippen LogP) is 1.40. The lowest BCUT2D eigenvalue weighted by atomic mass is 10.1. The Morgan fingerprint density at radius 3 is 2.48 bits per heavy atom. The molecule has 6 nitrogen and oxygen atoms in total. The van der Waals surface area contributed by atoms with Gasteiger partial charge in [0.2, 0.25) is 0 Å². The molecule has 0 atom stereocenters. The van der Waals surface area contributed by atoms with Crippen LogP contribution >= 0.6 is 0 Å². The summed E-state index contributed by atoms with van der Waals surface area (Å²) in [6.07, 6.45) is 0. The van der Waals surface area contributed by atoms with Crippen molar-refractivity contribution in [3.05, 3.63) is 52.9 Å². The van der Waals surface area contributed by atoms with Gasteiger partial charge in [-0.2, -0.15) is 0 Å². The number of aromatic nitrogens is 1. The summed E-state index contributed by atoms with van der Waals surface area (Å²) in [6.45, 7) is 6.29. The molecule has 1 aromatic carbocycles. The van der Waals surface area contributed by atoms with Crippen molar-refractivity contribution in [1.29, 1.82) is 0 Å². The normalized spacial score (nSPS) is 15.8. The highest BCUT2D eigenvalue weighted by atomic mass is 16.5. The summed E-state index contributed by atoms with van der Waals surface area (Å²) in [7, 11) is 0. The maximum Gasteiger partial charge on any atom is 0.253 e.